The van der Waals surface area contributed by atoms with Gasteiger partial charge in [0.1, 0.15) is 0 Å². The van der Waals surface area contributed by atoms with E-state index in [9.17, 15) is 4.79 Å². The van der Waals surface area contributed by atoms with Crippen LogP contribution in [0.4, 0.5) is 0 Å². The van der Waals surface area contributed by atoms with Gasteiger partial charge in [0.25, 0.3) is 0 Å². The molecule has 0 amide bonds. The third-order valence-corrected chi connectivity index (χ3v) is 4.45. The Hall–Kier alpha value is -1.89. The van der Waals surface area contributed by atoms with Crippen molar-refractivity contribution in [1.29, 1.82) is 0 Å². The number of carbonyl (C=O) groups is 1. The summed E-state index contributed by atoms with van der Waals surface area (Å²) in [6.07, 6.45) is 5.23. The molecular formula is C21H26O. The van der Waals surface area contributed by atoms with Gasteiger partial charge in [-0.25, -0.2) is 0 Å². The normalized spacial score (nSPS) is 13.5. The molecule has 116 valence electrons. The van der Waals surface area contributed by atoms with Crippen molar-refractivity contribution in [3.05, 3.63) is 71.8 Å². The highest BCUT2D eigenvalue weighted by molar-refractivity contribution is 5.96. The standard InChI is InChI=1S/C21H26O/c1-3-4-11-16-21(2,19-14-9-6-10-15-19)17-20(22)18-12-7-5-8-13-18/h5-10,12-15H,3-4,11,16-17H2,1-2H3. The molecule has 0 aliphatic rings. The van der Waals surface area contributed by atoms with Gasteiger partial charge in [0.2, 0.25) is 0 Å². The molecule has 0 aliphatic heterocycles. The van der Waals surface area contributed by atoms with E-state index in [1.165, 1.54) is 24.8 Å². The number of Topliss-reactive ketones (excluding diaryl/α,β-unsaturated/α-hetero) is 1. The van der Waals surface area contributed by atoms with Gasteiger partial charge >= 0.3 is 0 Å². The van der Waals surface area contributed by atoms with Crippen LogP contribution in [0, 0.1) is 0 Å². The van der Waals surface area contributed by atoms with Crippen molar-refractivity contribution in [3.63, 3.8) is 0 Å². The molecule has 1 nitrogen and oxygen atoms in total. The second-order valence-corrected chi connectivity index (χ2v) is 6.35. The molecule has 0 bridgehead atoms. The molecule has 0 aromatic heterocycles. The third kappa shape index (κ3) is 4.30. The molecule has 1 atom stereocenters. The minimum atomic E-state index is -0.0800. The average molecular weight is 294 g/mol. The van der Waals surface area contributed by atoms with Crippen molar-refractivity contribution in [2.24, 2.45) is 0 Å². The van der Waals surface area contributed by atoms with Crippen LogP contribution in [0.25, 0.3) is 0 Å². The fourth-order valence-corrected chi connectivity index (χ4v) is 3.02. The molecule has 22 heavy (non-hydrogen) atoms. The van der Waals surface area contributed by atoms with E-state index in [1.807, 2.05) is 36.4 Å². The lowest BCUT2D eigenvalue weighted by molar-refractivity contribution is 0.0949. The highest BCUT2D eigenvalue weighted by atomic mass is 16.1. The molecule has 2 aromatic carbocycles. The average Bonchev–Trinajstić information content (AvgIpc) is 2.57. The Labute approximate surface area is 134 Å². The first-order valence-corrected chi connectivity index (χ1v) is 8.29. The van der Waals surface area contributed by atoms with E-state index in [2.05, 4.69) is 38.1 Å². The Morgan fingerprint density at radius 2 is 1.50 bits per heavy atom. The molecule has 1 heteroatoms. The summed E-state index contributed by atoms with van der Waals surface area (Å²) in [5, 5.41) is 0. The fourth-order valence-electron chi connectivity index (χ4n) is 3.02. The van der Waals surface area contributed by atoms with Crippen LogP contribution < -0.4 is 0 Å². The summed E-state index contributed by atoms with van der Waals surface area (Å²) >= 11 is 0. The molecule has 0 heterocycles. The maximum Gasteiger partial charge on any atom is 0.163 e. The zero-order chi connectivity index (χ0) is 15.8. The van der Waals surface area contributed by atoms with Crippen LogP contribution in [-0.2, 0) is 5.41 Å². The number of carbonyl (C=O) groups excluding carboxylic acids is 1. The zero-order valence-corrected chi connectivity index (χ0v) is 13.7. The van der Waals surface area contributed by atoms with Crippen molar-refractivity contribution in [3.8, 4) is 0 Å². The van der Waals surface area contributed by atoms with Crippen molar-refractivity contribution in [2.75, 3.05) is 0 Å². The number of rotatable bonds is 8. The van der Waals surface area contributed by atoms with Crippen molar-refractivity contribution in [2.45, 2.75) is 51.4 Å². The Kier molecular flexibility index (Phi) is 5.94. The van der Waals surface area contributed by atoms with Crippen LogP contribution >= 0.6 is 0 Å². The van der Waals surface area contributed by atoms with E-state index in [-0.39, 0.29) is 11.2 Å². The maximum atomic E-state index is 12.7. The molecule has 2 aromatic rings. The van der Waals surface area contributed by atoms with Crippen molar-refractivity contribution >= 4 is 5.78 Å². The summed E-state index contributed by atoms with van der Waals surface area (Å²) < 4.78 is 0. The third-order valence-electron chi connectivity index (χ3n) is 4.45. The van der Waals surface area contributed by atoms with Crippen LogP contribution in [0.1, 0.15) is 61.9 Å². The molecule has 0 fully saturated rings. The van der Waals surface area contributed by atoms with Gasteiger partial charge in [0.05, 0.1) is 0 Å². The van der Waals surface area contributed by atoms with Crippen LogP contribution in [0.2, 0.25) is 0 Å². The monoisotopic (exact) mass is 294 g/mol. The van der Waals surface area contributed by atoms with Gasteiger partial charge in [0, 0.05) is 12.0 Å². The van der Waals surface area contributed by atoms with Crippen LogP contribution in [0.15, 0.2) is 60.7 Å². The molecule has 1 unspecified atom stereocenters. The van der Waals surface area contributed by atoms with E-state index in [1.54, 1.807) is 0 Å². The molecule has 0 spiro atoms. The van der Waals surface area contributed by atoms with E-state index < -0.39 is 0 Å². The lowest BCUT2D eigenvalue weighted by atomic mass is 9.73. The Morgan fingerprint density at radius 3 is 2.09 bits per heavy atom. The van der Waals surface area contributed by atoms with Gasteiger partial charge in [-0.3, -0.25) is 4.79 Å². The predicted octanol–water partition coefficient (Wildman–Crippen LogP) is 5.80. The second kappa shape index (κ2) is 7.93. The smallest absolute Gasteiger partial charge is 0.163 e. The predicted molar refractivity (Wildman–Crippen MR) is 93.3 cm³/mol. The molecular weight excluding hydrogens is 268 g/mol. The summed E-state index contributed by atoms with van der Waals surface area (Å²) in [4.78, 5) is 12.7. The first-order valence-electron chi connectivity index (χ1n) is 8.29. The zero-order valence-electron chi connectivity index (χ0n) is 13.7. The first kappa shape index (κ1) is 16.5. The van der Waals surface area contributed by atoms with E-state index in [4.69, 9.17) is 0 Å². The number of unbranched alkanes of at least 4 members (excludes halogenated alkanes) is 2. The number of ketones is 1. The van der Waals surface area contributed by atoms with Crippen molar-refractivity contribution in [1.82, 2.24) is 0 Å². The lowest BCUT2D eigenvalue weighted by Gasteiger charge is -2.30. The molecule has 0 N–H and O–H groups in total. The van der Waals surface area contributed by atoms with Gasteiger partial charge in [-0.15, -0.1) is 0 Å². The highest BCUT2D eigenvalue weighted by Gasteiger charge is 2.29. The topological polar surface area (TPSA) is 17.1 Å². The number of hydrogen-bond acceptors (Lipinski definition) is 1. The number of hydrogen-bond donors (Lipinski definition) is 0. The summed E-state index contributed by atoms with van der Waals surface area (Å²) in [5.41, 5.74) is 2.01. The largest absolute Gasteiger partial charge is 0.294 e. The molecule has 0 aliphatic carbocycles. The SMILES string of the molecule is CCCCCC(C)(CC(=O)c1ccccc1)c1ccccc1. The maximum absolute atomic E-state index is 12.7. The Balaban J connectivity index is 2.19. The lowest BCUT2D eigenvalue weighted by Crippen LogP contribution is -2.26. The summed E-state index contributed by atoms with van der Waals surface area (Å²) in [5.74, 6) is 0.239. The Morgan fingerprint density at radius 1 is 0.909 bits per heavy atom. The minimum absolute atomic E-state index is 0.0800. The van der Waals surface area contributed by atoms with E-state index in [0.29, 0.717) is 6.42 Å². The minimum Gasteiger partial charge on any atom is -0.294 e. The second-order valence-electron chi connectivity index (χ2n) is 6.35. The molecule has 0 saturated heterocycles. The fraction of sp³-hybridized carbons (Fsp3) is 0.381. The van der Waals surface area contributed by atoms with Gasteiger partial charge in [0.15, 0.2) is 5.78 Å². The highest BCUT2D eigenvalue weighted by Crippen LogP contribution is 2.34. The van der Waals surface area contributed by atoms with Gasteiger partial charge < -0.3 is 0 Å². The molecule has 0 saturated carbocycles. The van der Waals surface area contributed by atoms with Crippen LogP contribution in [0.5, 0.6) is 0 Å². The summed E-state index contributed by atoms with van der Waals surface area (Å²) in [7, 11) is 0. The van der Waals surface area contributed by atoms with E-state index >= 15 is 0 Å². The Bertz CT molecular complexity index is 573. The quantitative estimate of drug-likeness (QED) is 0.444. The van der Waals surface area contributed by atoms with Gasteiger partial charge in [-0.05, 0) is 17.4 Å². The van der Waals surface area contributed by atoms with Gasteiger partial charge in [-0.2, -0.15) is 0 Å². The summed E-state index contributed by atoms with van der Waals surface area (Å²) in [6, 6.07) is 20.1. The number of benzene rings is 2. The van der Waals surface area contributed by atoms with Crippen molar-refractivity contribution < 1.29 is 4.79 Å². The molecule has 2 rings (SSSR count). The van der Waals surface area contributed by atoms with Crippen LogP contribution in [0.3, 0.4) is 0 Å². The van der Waals surface area contributed by atoms with Gasteiger partial charge in [-0.1, -0.05) is 93.8 Å². The van der Waals surface area contributed by atoms with Crippen LogP contribution in [-0.4, -0.2) is 5.78 Å². The van der Waals surface area contributed by atoms with E-state index in [0.717, 1.165) is 12.0 Å². The molecule has 0 radical (unpaired) electrons. The first-order chi connectivity index (χ1) is 10.7. The summed E-state index contributed by atoms with van der Waals surface area (Å²) in [6.45, 7) is 4.45.